The van der Waals surface area contributed by atoms with Crippen LogP contribution in [-0.4, -0.2) is 9.59 Å². The Bertz CT molecular complexity index is 656. The van der Waals surface area contributed by atoms with E-state index in [0.717, 1.165) is 10.6 Å². The molecule has 0 spiro atoms. The predicted molar refractivity (Wildman–Crippen MR) is 86.9 cm³/mol. The van der Waals surface area contributed by atoms with Gasteiger partial charge in [0.15, 0.2) is 0 Å². The van der Waals surface area contributed by atoms with Crippen molar-refractivity contribution < 1.29 is 4.39 Å². The van der Waals surface area contributed by atoms with Crippen molar-refractivity contribution in [3.63, 3.8) is 0 Å². The van der Waals surface area contributed by atoms with Gasteiger partial charge in [0.25, 0.3) is 0 Å². The van der Waals surface area contributed by atoms with E-state index >= 15 is 0 Å². The summed E-state index contributed by atoms with van der Waals surface area (Å²) in [5.41, 5.74) is 3.57. The Morgan fingerprint density at radius 1 is 1.43 bits per heavy atom. The molecule has 4 nitrogen and oxygen atoms in total. The highest BCUT2D eigenvalue weighted by Gasteiger charge is 2.29. The van der Waals surface area contributed by atoms with Crippen LogP contribution in [0, 0.1) is 5.82 Å². The van der Waals surface area contributed by atoms with Gasteiger partial charge < -0.3 is 0 Å². The monoisotopic (exact) mass is 392 g/mol. The molecule has 3 N–H and O–H groups in total. The van der Waals surface area contributed by atoms with Crippen LogP contribution in [0.3, 0.4) is 0 Å². The van der Waals surface area contributed by atoms with Crippen LogP contribution in [0.25, 0.3) is 0 Å². The van der Waals surface area contributed by atoms with E-state index in [0.29, 0.717) is 10.0 Å². The molecule has 1 aromatic carbocycles. The van der Waals surface area contributed by atoms with Gasteiger partial charge in [-0.1, -0.05) is 42.9 Å². The molecule has 114 valence electrons. The largest absolute Gasteiger partial charge is 0.271 e. The highest BCUT2D eigenvalue weighted by molar-refractivity contribution is 9.10. The zero-order valence-corrected chi connectivity index (χ0v) is 14.9. The second-order valence-corrected chi connectivity index (χ2v) is 7.62. The number of rotatable bonds is 3. The van der Waals surface area contributed by atoms with Crippen LogP contribution in [0.4, 0.5) is 4.39 Å². The van der Waals surface area contributed by atoms with Crippen molar-refractivity contribution in [2.75, 3.05) is 0 Å². The molecule has 0 saturated carbocycles. The molecule has 0 fully saturated rings. The molecule has 1 atom stereocenters. The third-order valence-corrected chi connectivity index (χ3v) is 5.08. The molecule has 0 aliphatic rings. The number of hydrogen-bond acceptors (Lipinski definition) is 5. The van der Waals surface area contributed by atoms with Gasteiger partial charge in [0.05, 0.1) is 21.6 Å². The topological polar surface area (TPSA) is 63.8 Å². The second kappa shape index (κ2) is 6.26. The molecule has 1 aromatic heterocycles. The van der Waals surface area contributed by atoms with Gasteiger partial charge in [-0.3, -0.25) is 5.84 Å². The fraction of sp³-hybridized carbons (Fsp3) is 0.385. The number of nitrogens with zero attached hydrogens (tertiary/aromatic N) is 2. The molecule has 1 heterocycles. The molecular weight excluding hydrogens is 379 g/mol. The van der Waals surface area contributed by atoms with Crippen LogP contribution in [-0.2, 0) is 5.41 Å². The lowest BCUT2D eigenvalue weighted by Crippen LogP contribution is -2.31. The molecule has 1 unspecified atom stereocenters. The molecule has 0 saturated heterocycles. The van der Waals surface area contributed by atoms with E-state index in [1.165, 1.54) is 11.5 Å². The molecular formula is C13H15BrClFN4S. The molecule has 0 amide bonds. The van der Waals surface area contributed by atoms with Crippen LogP contribution in [0.1, 0.15) is 42.9 Å². The molecule has 8 heteroatoms. The van der Waals surface area contributed by atoms with E-state index in [-0.39, 0.29) is 10.4 Å². The van der Waals surface area contributed by atoms with Gasteiger partial charge in [-0.2, -0.15) is 0 Å². The third-order valence-electron chi connectivity index (χ3n) is 3.03. The summed E-state index contributed by atoms with van der Waals surface area (Å²) in [5, 5.41) is 4.19. The second-order valence-electron chi connectivity index (χ2n) is 5.60. The van der Waals surface area contributed by atoms with E-state index in [9.17, 15) is 4.39 Å². The van der Waals surface area contributed by atoms with Gasteiger partial charge >= 0.3 is 0 Å². The molecule has 0 aliphatic carbocycles. The molecule has 0 aliphatic heterocycles. The number of nitrogens with two attached hydrogens (primary N) is 1. The normalized spacial score (nSPS) is 13.5. The quantitative estimate of drug-likeness (QED) is 0.471. The summed E-state index contributed by atoms with van der Waals surface area (Å²) in [6, 6.07) is 2.78. The maximum absolute atomic E-state index is 14.4. The van der Waals surface area contributed by atoms with E-state index in [1.807, 2.05) is 20.8 Å². The lowest BCUT2D eigenvalue weighted by molar-refractivity contribution is 0.529. The Morgan fingerprint density at radius 3 is 2.67 bits per heavy atom. The molecule has 21 heavy (non-hydrogen) atoms. The first kappa shape index (κ1) is 16.8. The van der Waals surface area contributed by atoms with Gasteiger partial charge in [0.2, 0.25) is 0 Å². The summed E-state index contributed by atoms with van der Waals surface area (Å²) in [4.78, 5) is 0.780. The number of hydrogen-bond donors (Lipinski definition) is 2. The average molecular weight is 394 g/mol. The highest BCUT2D eigenvalue weighted by Crippen LogP contribution is 2.37. The standard InChI is InChI=1S/C13H15BrClFN4S/c1-13(2,3)12-11(21-20-19-12)10(18-17)6-4-5-7(14)8(15)9(6)16/h4-5,10,18H,17H2,1-3H3. The number of nitrogens with one attached hydrogen (secondary N) is 1. The Morgan fingerprint density at radius 2 is 2.10 bits per heavy atom. The summed E-state index contributed by atoms with van der Waals surface area (Å²) in [6.07, 6.45) is 0. The Balaban J connectivity index is 2.56. The van der Waals surface area contributed by atoms with Gasteiger partial charge in [-0.05, 0) is 33.5 Å². The Labute approximate surface area is 140 Å². The predicted octanol–water partition coefficient (Wildman–Crippen LogP) is 3.94. The molecule has 2 aromatic rings. The van der Waals surface area contributed by atoms with Crippen molar-refractivity contribution in [3.05, 3.63) is 43.6 Å². The van der Waals surface area contributed by atoms with Gasteiger partial charge in [0.1, 0.15) is 5.82 Å². The van der Waals surface area contributed by atoms with Crippen molar-refractivity contribution in [1.82, 2.24) is 15.0 Å². The smallest absolute Gasteiger partial charge is 0.148 e. The molecule has 0 radical (unpaired) electrons. The summed E-state index contributed by atoms with van der Waals surface area (Å²) >= 11 is 10.4. The van der Waals surface area contributed by atoms with Crippen LogP contribution in [0.5, 0.6) is 0 Å². The number of benzene rings is 1. The van der Waals surface area contributed by atoms with Crippen LogP contribution in [0.15, 0.2) is 16.6 Å². The summed E-state index contributed by atoms with van der Waals surface area (Å²) < 4.78 is 18.9. The fourth-order valence-corrected chi connectivity index (χ4v) is 3.40. The maximum Gasteiger partial charge on any atom is 0.148 e. The first-order chi connectivity index (χ1) is 9.77. The van der Waals surface area contributed by atoms with Crippen LogP contribution < -0.4 is 11.3 Å². The number of halogens is 3. The zero-order chi connectivity index (χ0) is 15.8. The Hall–Kier alpha value is -0.600. The highest BCUT2D eigenvalue weighted by atomic mass is 79.9. The number of aromatic nitrogens is 2. The van der Waals surface area contributed by atoms with Crippen molar-refractivity contribution in [2.24, 2.45) is 5.84 Å². The minimum atomic E-state index is -0.551. The Kier molecular flexibility index (Phi) is 4.99. The lowest BCUT2D eigenvalue weighted by atomic mass is 9.89. The summed E-state index contributed by atoms with van der Waals surface area (Å²) in [5.74, 6) is 5.13. The average Bonchev–Trinajstić information content (AvgIpc) is 2.89. The van der Waals surface area contributed by atoms with Crippen LogP contribution >= 0.6 is 39.1 Å². The lowest BCUT2D eigenvalue weighted by Gasteiger charge is -2.22. The van der Waals surface area contributed by atoms with Crippen LogP contribution in [0.2, 0.25) is 5.02 Å². The third kappa shape index (κ3) is 3.27. The summed E-state index contributed by atoms with van der Waals surface area (Å²) in [6.45, 7) is 6.06. The van der Waals surface area contributed by atoms with Crippen molar-refractivity contribution in [3.8, 4) is 0 Å². The maximum atomic E-state index is 14.4. The minimum Gasteiger partial charge on any atom is -0.271 e. The van der Waals surface area contributed by atoms with E-state index in [4.69, 9.17) is 17.4 Å². The SMILES string of the molecule is CC(C)(C)c1nnsc1C(NN)c1ccc(Br)c(Cl)c1F. The van der Waals surface area contributed by atoms with Gasteiger partial charge in [-0.15, -0.1) is 5.10 Å². The fourth-order valence-electron chi connectivity index (χ4n) is 1.98. The van der Waals surface area contributed by atoms with E-state index in [2.05, 4.69) is 30.9 Å². The first-order valence-electron chi connectivity index (χ1n) is 6.19. The molecule has 2 rings (SSSR count). The molecule has 0 bridgehead atoms. The van der Waals surface area contributed by atoms with Crippen molar-refractivity contribution in [1.29, 1.82) is 0 Å². The van der Waals surface area contributed by atoms with Gasteiger partial charge in [-0.25, -0.2) is 9.82 Å². The summed E-state index contributed by atoms with van der Waals surface area (Å²) in [7, 11) is 0. The van der Waals surface area contributed by atoms with Crippen molar-refractivity contribution in [2.45, 2.75) is 32.2 Å². The van der Waals surface area contributed by atoms with E-state index in [1.54, 1.807) is 12.1 Å². The minimum absolute atomic E-state index is 0.0301. The first-order valence-corrected chi connectivity index (χ1v) is 8.14. The zero-order valence-electron chi connectivity index (χ0n) is 11.7. The number of hydrazine groups is 1. The van der Waals surface area contributed by atoms with Crippen molar-refractivity contribution >= 4 is 39.1 Å². The van der Waals surface area contributed by atoms with Gasteiger partial charge in [0, 0.05) is 15.5 Å². The van der Waals surface area contributed by atoms with E-state index < -0.39 is 11.9 Å².